The third-order valence-electron chi connectivity index (χ3n) is 5.49. The molecule has 1 aliphatic carbocycles. The van der Waals surface area contributed by atoms with E-state index in [4.69, 9.17) is 0 Å². The van der Waals surface area contributed by atoms with Crippen molar-refractivity contribution in [1.29, 1.82) is 0 Å². The molecule has 0 aromatic carbocycles. The Morgan fingerprint density at radius 1 is 1.24 bits per heavy atom. The number of hydrogen-bond donors (Lipinski definition) is 0. The van der Waals surface area contributed by atoms with Gasteiger partial charge in [-0.2, -0.15) is 9.40 Å². The smallest absolute Gasteiger partial charge is 0.263 e. The van der Waals surface area contributed by atoms with Gasteiger partial charge < -0.3 is 4.90 Å². The molecule has 3 heterocycles. The number of pyridine rings is 1. The van der Waals surface area contributed by atoms with Crippen LogP contribution in [0.5, 0.6) is 0 Å². The van der Waals surface area contributed by atoms with Crippen molar-refractivity contribution >= 4 is 15.9 Å². The van der Waals surface area contributed by atoms with Crippen molar-refractivity contribution < 1.29 is 13.2 Å². The van der Waals surface area contributed by atoms with Crippen molar-refractivity contribution in [3.8, 4) is 11.1 Å². The van der Waals surface area contributed by atoms with Crippen LogP contribution in [0, 0.1) is 5.92 Å². The lowest BCUT2D eigenvalue weighted by Gasteiger charge is -2.34. The number of sulfonamides is 1. The normalized spacial score (nSPS) is 20.3. The number of carbonyl (C=O) groups excluding carboxylic acids is 1. The number of rotatable bonds is 5. The van der Waals surface area contributed by atoms with Crippen LogP contribution in [0.3, 0.4) is 0 Å². The number of amides is 1. The molecule has 1 unspecified atom stereocenters. The number of aromatic nitrogens is 3. The molecular weight excluding hydrogens is 390 g/mol. The molecule has 4 rings (SSSR count). The maximum atomic E-state index is 13.3. The standard InChI is InChI=1S/C20H25N5O3S/c1-23-15-18(17-7-4-8-21-14-17)20(22-23)29(27,28)25-11-9-24(10-12-25)19(26)13-16-5-2-3-6-16/h2,4-5,7-8,14-16H,3,6,9-13H2,1H3. The van der Waals surface area contributed by atoms with E-state index in [1.807, 2.05) is 6.07 Å². The summed E-state index contributed by atoms with van der Waals surface area (Å²) in [6, 6.07) is 3.58. The van der Waals surface area contributed by atoms with Crippen LogP contribution in [0.1, 0.15) is 19.3 Å². The van der Waals surface area contributed by atoms with Crippen LogP contribution in [-0.2, 0) is 21.9 Å². The summed E-state index contributed by atoms with van der Waals surface area (Å²) in [6.45, 7) is 1.36. The van der Waals surface area contributed by atoms with Crippen LogP contribution in [0.15, 0.2) is 47.9 Å². The number of aryl methyl sites for hydroxylation is 1. The number of allylic oxidation sites excluding steroid dienone is 2. The zero-order valence-electron chi connectivity index (χ0n) is 16.4. The van der Waals surface area contributed by atoms with E-state index in [1.54, 1.807) is 36.6 Å². The Kier molecular flexibility index (Phi) is 5.51. The highest BCUT2D eigenvalue weighted by Crippen LogP contribution is 2.28. The highest BCUT2D eigenvalue weighted by atomic mass is 32.2. The van der Waals surface area contributed by atoms with Crippen molar-refractivity contribution in [2.75, 3.05) is 26.2 Å². The first kappa shape index (κ1) is 19.8. The van der Waals surface area contributed by atoms with Crippen LogP contribution >= 0.6 is 0 Å². The van der Waals surface area contributed by atoms with Gasteiger partial charge in [0.25, 0.3) is 10.0 Å². The van der Waals surface area contributed by atoms with Crippen LogP contribution in [0.2, 0.25) is 0 Å². The Bertz CT molecular complexity index is 1010. The average Bonchev–Trinajstić information content (AvgIpc) is 3.38. The third-order valence-corrected chi connectivity index (χ3v) is 7.33. The summed E-state index contributed by atoms with van der Waals surface area (Å²) in [7, 11) is -2.07. The second kappa shape index (κ2) is 8.08. The number of carbonyl (C=O) groups is 1. The lowest BCUT2D eigenvalue weighted by molar-refractivity contribution is -0.133. The van der Waals surface area contributed by atoms with Gasteiger partial charge in [-0.3, -0.25) is 14.5 Å². The van der Waals surface area contributed by atoms with Crippen molar-refractivity contribution in [1.82, 2.24) is 24.0 Å². The maximum Gasteiger partial charge on any atom is 0.263 e. The van der Waals surface area contributed by atoms with Crippen molar-refractivity contribution in [3.05, 3.63) is 42.9 Å². The van der Waals surface area contributed by atoms with E-state index >= 15 is 0 Å². The lowest BCUT2D eigenvalue weighted by atomic mass is 10.0. The summed E-state index contributed by atoms with van der Waals surface area (Å²) in [5, 5.41) is 4.26. The molecule has 1 aliphatic heterocycles. The van der Waals surface area contributed by atoms with E-state index in [-0.39, 0.29) is 24.0 Å². The third kappa shape index (κ3) is 4.11. The summed E-state index contributed by atoms with van der Waals surface area (Å²) in [5.41, 5.74) is 1.24. The van der Waals surface area contributed by atoms with Gasteiger partial charge in [0, 0.05) is 69.4 Å². The molecule has 0 bridgehead atoms. The molecule has 0 spiro atoms. The first-order valence-corrected chi connectivity index (χ1v) is 11.3. The Morgan fingerprint density at radius 2 is 2.03 bits per heavy atom. The Labute approximate surface area is 170 Å². The molecule has 1 atom stereocenters. The second-order valence-corrected chi connectivity index (χ2v) is 9.37. The zero-order valence-corrected chi connectivity index (χ0v) is 17.3. The van der Waals surface area contributed by atoms with Crippen LogP contribution in [0.25, 0.3) is 11.1 Å². The van der Waals surface area contributed by atoms with Crippen LogP contribution < -0.4 is 0 Å². The molecule has 8 nitrogen and oxygen atoms in total. The molecule has 1 fully saturated rings. The van der Waals surface area contributed by atoms with Gasteiger partial charge in [-0.1, -0.05) is 18.2 Å². The highest BCUT2D eigenvalue weighted by molar-refractivity contribution is 7.89. The fourth-order valence-corrected chi connectivity index (χ4v) is 5.47. The summed E-state index contributed by atoms with van der Waals surface area (Å²) in [4.78, 5) is 18.4. The molecule has 154 valence electrons. The molecule has 1 amide bonds. The topological polar surface area (TPSA) is 88.4 Å². The van der Waals surface area contributed by atoms with E-state index < -0.39 is 10.0 Å². The van der Waals surface area contributed by atoms with Gasteiger partial charge in [-0.25, -0.2) is 8.42 Å². The van der Waals surface area contributed by atoms with Crippen molar-refractivity contribution in [2.24, 2.45) is 13.0 Å². The van der Waals surface area contributed by atoms with E-state index in [1.165, 1.54) is 8.99 Å². The zero-order chi connectivity index (χ0) is 20.4. The van der Waals surface area contributed by atoms with Gasteiger partial charge >= 0.3 is 0 Å². The molecule has 2 aromatic heterocycles. The second-order valence-electron chi connectivity index (χ2n) is 7.52. The largest absolute Gasteiger partial charge is 0.340 e. The van der Waals surface area contributed by atoms with Crippen LogP contribution in [-0.4, -0.2) is 64.5 Å². The van der Waals surface area contributed by atoms with Crippen molar-refractivity contribution in [3.63, 3.8) is 0 Å². The predicted octanol–water partition coefficient (Wildman–Crippen LogP) is 1.67. The van der Waals surface area contributed by atoms with Gasteiger partial charge in [0.15, 0.2) is 5.03 Å². The lowest BCUT2D eigenvalue weighted by Crippen LogP contribution is -2.50. The Morgan fingerprint density at radius 3 is 2.69 bits per heavy atom. The van der Waals surface area contributed by atoms with Crippen molar-refractivity contribution in [2.45, 2.75) is 24.3 Å². The minimum absolute atomic E-state index is 0.0314. The number of piperazine rings is 1. The predicted molar refractivity (Wildman–Crippen MR) is 108 cm³/mol. The van der Waals surface area contributed by atoms with E-state index in [0.717, 1.165) is 12.8 Å². The SMILES string of the molecule is Cn1cc(-c2cccnc2)c(S(=O)(=O)N2CCN(C(=O)CC3C=CCC3)CC2)n1. The van der Waals surface area contributed by atoms with Crippen LogP contribution in [0.4, 0.5) is 0 Å². The monoisotopic (exact) mass is 415 g/mol. The Balaban J connectivity index is 1.47. The fraction of sp³-hybridized carbons (Fsp3) is 0.450. The number of nitrogens with zero attached hydrogens (tertiary/aromatic N) is 5. The highest BCUT2D eigenvalue weighted by Gasteiger charge is 2.34. The average molecular weight is 416 g/mol. The molecule has 1 saturated heterocycles. The van der Waals surface area contributed by atoms with Gasteiger partial charge in [0.1, 0.15) is 0 Å². The number of hydrogen-bond acceptors (Lipinski definition) is 5. The van der Waals surface area contributed by atoms with Gasteiger partial charge in [-0.15, -0.1) is 0 Å². The molecule has 0 N–H and O–H groups in total. The molecule has 0 saturated carbocycles. The molecule has 0 radical (unpaired) electrons. The summed E-state index contributed by atoms with van der Waals surface area (Å²) >= 11 is 0. The van der Waals surface area contributed by atoms with Gasteiger partial charge in [-0.05, 0) is 24.8 Å². The van der Waals surface area contributed by atoms with Gasteiger partial charge in [0.05, 0.1) is 0 Å². The fourth-order valence-electron chi connectivity index (χ4n) is 3.90. The first-order chi connectivity index (χ1) is 13.9. The van der Waals surface area contributed by atoms with E-state index in [9.17, 15) is 13.2 Å². The maximum absolute atomic E-state index is 13.3. The minimum atomic E-state index is -3.77. The molecule has 2 aromatic rings. The van der Waals surface area contributed by atoms with E-state index in [0.29, 0.717) is 36.6 Å². The molecular formula is C20H25N5O3S. The Hall–Kier alpha value is -2.52. The summed E-state index contributed by atoms with van der Waals surface area (Å²) in [6.07, 6.45) is 11.8. The molecule has 9 heteroatoms. The van der Waals surface area contributed by atoms with E-state index in [2.05, 4.69) is 22.2 Å². The van der Waals surface area contributed by atoms with Gasteiger partial charge in [0.2, 0.25) is 5.91 Å². The molecule has 29 heavy (non-hydrogen) atoms. The summed E-state index contributed by atoms with van der Waals surface area (Å²) < 4.78 is 29.5. The molecule has 2 aliphatic rings. The first-order valence-electron chi connectivity index (χ1n) is 9.84. The quantitative estimate of drug-likeness (QED) is 0.693. The summed E-state index contributed by atoms with van der Waals surface area (Å²) in [5.74, 6) is 0.423. The minimum Gasteiger partial charge on any atom is -0.340 e.